The Balaban J connectivity index is 1.70. The molecule has 5 bridgehead atoms. The van der Waals surface area contributed by atoms with Gasteiger partial charge in [-0.05, 0) is 65.2 Å². The van der Waals surface area contributed by atoms with Crippen molar-refractivity contribution in [1.82, 2.24) is 26.1 Å². The molecular formula is C29H36FN5O5. The van der Waals surface area contributed by atoms with E-state index in [0.29, 0.717) is 30.6 Å². The number of nitrogens with one attached hydrogen (secondary N) is 3. The van der Waals surface area contributed by atoms with E-state index in [0.717, 1.165) is 17.9 Å². The smallest absolute Gasteiger partial charge is 0.316 e. The number of cyclic esters (lactones) is 1. The molecule has 214 valence electrons. The summed E-state index contributed by atoms with van der Waals surface area (Å²) in [5, 5.41) is 7.62. The van der Waals surface area contributed by atoms with Crippen LogP contribution >= 0.6 is 0 Å². The number of esters is 1. The molecule has 3 amide bonds. The number of pyridine rings is 1. The molecule has 2 aliphatic heterocycles. The minimum Gasteiger partial charge on any atom is -0.448 e. The molecule has 1 unspecified atom stereocenters. The molecule has 1 aromatic carbocycles. The lowest BCUT2D eigenvalue weighted by Crippen LogP contribution is -2.61. The average Bonchev–Trinajstić information content (AvgIpc) is 2.92. The van der Waals surface area contributed by atoms with Gasteiger partial charge in [0, 0.05) is 11.9 Å². The second-order valence-corrected chi connectivity index (χ2v) is 11.0. The Morgan fingerprint density at radius 1 is 1.05 bits per heavy atom. The number of hydrogen-bond donors (Lipinski definition) is 3. The van der Waals surface area contributed by atoms with E-state index in [-0.39, 0.29) is 5.91 Å². The predicted octanol–water partition coefficient (Wildman–Crippen LogP) is 2.74. The van der Waals surface area contributed by atoms with Crippen molar-refractivity contribution >= 4 is 40.7 Å². The number of carbonyl (C=O) groups is 4. The molecule has 0 saturated carbocycles. The maximum absolute atomic E-state index is 14.5. The van der Waals surface area contributed by atoms with Gasteiger partial charge >= 0.3 is 5.97 Å². The molecule has 2 aromatic rings. The highest BCUT2D eigenvalue weighted by Crippen LogP contribution is 2.25. The van der Waals surface area contributed by atoms with Crippen molar-refractivity contribution < 1.29 is 28.3 Å². The van der Waals surface area contributed by atoms with E-state index >= 15 is 0 Å². The number of amides is 3. The monoisotopic (exact) mass is 553 g/mol. The van der Waals surface area contributed by atoms with Gasteiger partial charge in [0.05, 0.1) is 22.7 Å². The van der Waals surface area contributed by atoms with Crippen LogP contribution in [0.1, 0.15) is 64.8 Å². The first kappa shape index (κ1) is 29.1. The zero-order chi connectivity index (χ0) is 29.2. The summed E-state index contributed by atoms with van der Waals surface area (Å²) in [6.07, 6.45) is 0.856. The van der Waals surface area contributed by atoms with Crippen LogP contribution < -0.4 is 16.1 Å². The van der Waals surface area contributed by atoms with Crippen LogP contribution in [0.3, 0.4) is 0 Å². The van der Waals surface area contributed by atoms with Crippen LogP contribution in [0.5, 0.6) is 0 Å². The molecule has 11 heteroatoms. The van der Waals surface area contributed by atoms with E-state index in [2.05, 4.69) is 16.1 Å². The topological polar surface area (TPSA) is 130 Å². The van der Waals surface area contributed by atoms with Crippen LogP contribution in [-0.4, -0.2) is 64.6 Å². The number of alkyl halides is 1. The minimum absolute atomic E-state index is 0.286. The number of carbonyl (C=O) groups excluding carboxylic acids is 4. The third-order valence-corrected chi connectivity index (χ3v) is 7.17. The molecule has 0 radical (unpaired) electrons. The number of aromatic nitrogens is 1. The van der Waals surface area contributed by atoms with E-state index in [1.165, 1.54) is 11.9 Å². The fourth-order valence-corrected chi connectivity index (χ4v) is 4.60. The molecule has 40 heavy (non-hydrogen) atoms. The van der Waals surface area contributed by atoms with Crippen molar-refractivity contribution in [3.05, 3.63) is 47.7 Å². The first-order valence-corrected chi connectivity index (χ1v) is 13.5. The predicted molar refractivity (Wildman–Crippen MR) is 147 cm³/mol. The molecule has 1 aromatic heterocycles. The maximum atomic E-state index is 14.5. The fourth-order valence-electron chi connectivity index (χ4n) is 4.60. The van der Waals surface area contributed by atoms with Gasteiger partial charge in [-0.25, -0.2) is 9.82 Å². The highest BCUT2D eigenvalue weighted by atomic mass is 19.1. The van der Waals surface area contributed by atoms with Gasteiger partial charge in [-0.2, -0.15) is 0 Å². The second-order valence-electron chi connectivity index (χ2n) is 11.0. The molecule has 3 heterocycles. The standard InChI is InChI=1S/C29H36FN5O5/c1-16(30)24-26(37)32-18(3)27(38)35-14-6-7-22(34-35)25(36)31-17(2)21-11-10-20-9-8-19(15-23(20)33-21)12-13-29(4,5)28(39)40-24/h8-13,15-18,22,24,34H,6-7,14H2,1-5H3,(H,31,36)(H,32,37)/b13-12-/t16?,17-,18+,22+,24+/m1/s1. The summed E-state index contributed by atoms with van der Waals surface area (Å²) in [7, 11) is 0. The SMILES string of the molecule is CC(F)[C@@H]1OC(=O)C(C)(C)/C=C\c2ccc3ccc(nc3c2)[C@@H](C)NC(=O)[C@@H]2CCCN(N2)C(=O)[C@H](C)NC1=O. The number of hydrogen-bond acceptors (Lipinski definition) is 7. The zero-order valence-electron chi connectivity index (χ0n) is 23.4. The molecular weight excluding hydrogens is 517 g/mol. The van der Waals surface area contributed by atoms with Gasteiger partial charge in [0.25, 0.3) is 11.8 Å². The number of ether oxygens (including phenoxy) is 1. The highest BCUT2D eigenvalue weighted by molar-refractivity contribution is 5.91. The van der Waals surface area contributed by atoms with E-state index in [1.54, 1.807) is 26.0 Å². The second kappa shape index (κ2) is 11.7. The Hall–Kier alpha value is -3.86. The first-order chi connectivity index (χ1) is 18.9. The number of fused-ring (bicyclic) bond motifs is 4. The van der Waals surface area contributed by atoms with Crippen LogP contribution in [0.4, 0.5) is 4.39 Å². The molecule has 0 spiro atoms. The number of benzene rings is 1. The summed E-state index contributed by atoms with van der Waals surface area (Å²) in [6.45, 7) is 7.93. The molecule has 0 aliphatic carbocycles. The quantitative estimate of drug-likeness (QED) is 0.463. The van der Waals surface area contributed by atoms with Gasteiger partial charge in [-0.3, -0.25) is 29.2 Å². The summed E-state index contributed by atoms with van der Waals surface area (Å²) in [4.78, 5) is 56.9. The number of halogens is 1. The summed E-state index contributed by atoms with van der Waals surface area (Å²) in [6, 6.07) is 7.29. The molecule has 2 aliphatic rings. The molecule has 1 fully saturated rings. The lowest BCUT2D eigenvalue weighted by atomic mass is 9.92. The van der Waals surface area contributed by atoms with Crippen LogP contribution in [0.25, 0.3) is 17.0 Å². The van der Waals surface area contributed by atoms with Crippen molar-refractivity contribution in [3.63, 3.8) is 0 Å². The fraction of sp³-hybridized carbons (Fsp3) is 0.483. The Morgan fingerprint density at radius 3 is 2.48 bits per heavy atom. The Labute approximate surface area is 232 Å². The largest absolute Gasteiger partial charge is 0.448 e. The molecule has 4 rings (SSSR count). The van der Waals surface area contributed by atoms with Crippen molar-refractivity contribution in [1.29, 1.82) is 0 Å². The Kier molecular flexibility index (Phi) is 8.53. The Morgan fingerprint density at radius 2 is 1.75 bits per heavy atom. The normalized spacial score (nSPS) is 27.9. The lowest BCUT2D eigenvalue weighted by molar-refractivity contribution is -0.166. The van der Waals surface area contributed by atoms with Gasteiger partial charge < -0.3 is 15.4 Å². The first-order valence-electron chi connectivity index (χ1n) is 13.5. The summed E-state index contributed by atoms with van der Waals surface area (Å²) in [5.41, 5.74) is 3.90. The van der Waals surface area contributed by atoms with Crippen LogP contribution in [0.2, 0.25) is 0 Å². The van der Waals surface area contributed by atoms with Gasteiger partial charge in [0.15, 0.2) is 0 Å². The van der Waals surface area contributed by atoms with E-state index < -0.39 is 53.6 Å². The van der Waals surface area contributed by atoms with E-state index in [4.69, 9.17) is 9.72 Å². The number of hydrazine groups is 1. The average molecular weight is 554 g/mol. The molecule has 1 saturated heterocycles. The molecule has 5 atom stereocenters. The summed E-state index contributed by atoms with van der Waals surface area (Å²) < 4.78 is 19.8. The summed E-state index contributed by atoms with van der Waals surface area (Å²) >= 11 is 0. The van der Waals surface area contributed by atoms with E-state index in [9.17, 15) is 23.6 Å². The third-order valence-electron chi connectivity index (χ3n) is 7.17. The van der Waals surface area contributed by atoms with Crippen molar-refractivity contribution in [2.24, 2.45) is 5.41 Å². The van der Waals surface area contributed by atoms with Crippen LogP contribution in [0.15, 0.2) is 36.4 Å². The Bertz CT molecular complexity index is 1340. The zero-order valence-corrected chi connectivity index (χ0v) is 23.4. The van der Waals surface area contributed by atoms with Crippen LogP contribution in [-0.2, 0) is 23.9 Å². The maximum Gasteiger partial charge on any atom is 0.316 e. The van der Waals surface area contributed by atoms with Gasteiger partial charge in [0.2, 0.25) is 12.0 Å². The van der Waals surface area contributed by atoms with E-state index in [1.807, 2.05) is 37.3 Å². The lowest BCUT2D eigenvalue weighted by Gasteiger charge is -2.35. The van der Waals surface area contributed by atoms with Gasteiger partial charge in [-0.1, -0.05) is 30.4 Å². The van der Waals surface area contributed by atoms with Crippen molar-refractivity contribution in [2.45, 2.75) is 77.9 Å². The summed E-state index contributed by atoms with van der Waals surface area (Å²) in [5.74, 6) is -2.51. The third kappa shape index (κ3) is 6.47. The van der Waals surface area contributed by atoms with Gasteiger partial charge in [0.1, 0.15) is 18.3 Å². The van der Waals surface area contributed by atoms with Crippen LogP contribution in [0, 0.1) is 5.41 Å². The van der Waals surface area contributed by atoms with Crippen molar-refractivity contribution in [3.8, 4) is 0 Å². The van der Waals surface area contributed by atoms with Gasteiger partial charge in [-0.15, -0.1) is 0 Å². The number of nitrogens with zero attached hydrogens (tertiary/aromatic N) is 2. The molecule has 3 N–H and O–H groups in total. The van der Waals surface area contributed by atoms with Crippen molar-refractivity contribution in [2.75, 3.05) is 6.54 Å². The molecule has 10 nitrogen and oxygen atoms in total. The highest BCUT2D eigenvalue weighted by Gasteiger charge is 2.37. The minimum atomic E-state index is -1.82. The number of rotatable bonds is 1.